The minimum Gasteiger partial charge on any atom is -0.297 e. The zero-order chi connectivity index (χ0) is 18.2. The first-order valence-electron chi connectivity index (χ1n) is 10.1. The molecule has 2 atom stereocenters. The number of piperidine rings is 2. The Morgan fingerprint density at radius 1 is 1.00 bits per heavy atom. The molecule has 2 saturated heterocycles. The number of carbonyl (C=O) groups excluding carboxylic acids is 1. The molecule has 3 aromatic rings. The molecular formula is C23H25N3O. The number of nitrogens with zero attached hydrogens (tertiary/aromatic N) is 3. The summed E-state index contributed by atoms with van der Waals surface area (Å²) in [5.41, 5.74) is 3.01. The first-order chi connectivity index (χ1) is 13.3. The van der Waals surface area contributed by atoms with Gasteiger partial charge in [0, 0.05) is 36.9 Å². The van der Waals surface area contributed by atoms with E-state index in [4.69, 9.17) is 0 Å². The molecule has 138 valence electrons. The number of pyridine rings is 1. The number of hydrogen-bond donors (Lipinski definition) is 0. The maximum atomic E-state index is 13.3. The summed E-state index contributed by atoms with van der Waals surface area (Å²) >= 11 is 0. The molecule has 5 rings (SSSR count). The Morgan fingerprint density at radius 3 is 2.56 bits per heavy atom. The Kier molecular flexibility index (Phi) is 4.29. The number of carbonyl (C=O) groups is 1. The molecule has 0 N–H and O–H groups in total. The first-order valence-corrected chi connectivity index (χ1v) is 10.1. The van der Waals surface area contributed by atoms with Crippen molar-refractivity contribution in [2.45, 2.75) is 50.7 Å². The van der Waals surface area contributed by atoms with E-state index in [-0.39, 0.29) is 11.7 Å². The van der Waals surface area contributed by atoms with E-state index in [0.717, 1.165) is 30.7 Å². The molecule has 2 aromatic heterocycles. The van der Waals surface area contributed by atoms with Crippen LogP contribution in [0.1, 0.15) is 48.2 Å². The highest BCUT2D eigenvalue weighted by atomic mass is 16.1. The minimum absolute atomic E-state index is 0.125. The first kappa shape index (κ1) is 16.7. The summed E-state index contributed by atoms with van der Waals surface area (Å²) in [4.78, 5) is 20.3. The largest absolute Gasteiger partial charge is 0.297 e. The van der Waals surface area contributed by atoms with Crippen molar-refractivity contribution in [1.29, 1.82) is 0 Å². The number of ketones is 1. The molecule has 4 heteroatoms. The number of aromatic nitrogens is 2. The molecule has 0 radical (unpaired) electrons. The summed E-state index contributed by atoms with van der Waals surface area (Å²) in [5, 5.41) is 0. The Morgan fingerprint density at radius 2 is 1.78 bits per heavy atom. The van der Waals surface area contributed by atoms with Gasteiger partial charge in [-0.05, 0) is 43.4 Å². The van der Waals surface area contributed by atoms with Crippen molar-refractivity contribution >= 4 is 11.4 Å². The zero-order valence-electron chi connectivity index (χ0n) is 15.5. The van der Waals surface area contributed by atoms with Gasteiger partial charge in [-0.1, -0.05) is 42.8 Å². The van der Waals surface area contributed by atoms with Gasteiger partial charge in [0.05, 0.1) is 5.69 Å². The van der Waals surface area contributed by atoms with Gasteiger partial charge in [0.2, 0.25) is 0 Å². The van der Waals surface area contributed by atoms with Crippen LogP contribution in [0.2, 0.25) is 0 Å². The maximum Gasteiger partial charge on any atom is 0.182 e. The Labute approximate surface area is 159 Å². The van der Waals surface area contributed by atoms with E-state index >= 15 is 0 Å². The van der Waals surface area contributed by atoms with Crippen molar-refractivity contribution in [3.63, 3.8) is 0 Å². The molecule has 27 heavy (non-hydrogen) atoms. The second-order valence-corrected chi connectivity index (χ2v) is 8.00. The average Bonchev–Trinajstić information content (AvgIpc) is 3.17. The SMILES string of the molecule is O=C(c1cccc2nccn12)C1CC2CCCC(C1)N2Cc1ccccc1. The van der Waals surface area contributed by atoms with Crippen molar-refractivity contribution in [3.05, 3.63) is 72.2 Å². The van der Waals surface area contributed by atoms with Crippen LogP contribution in [0, 0.1) is 5.92 Å². The van der Waals surface area contributed by atoms with E-state index in [9.17, 15) is 4.79 Å². The molecule has 0 saturated carbocycles. The van der Waals surface area contributed by atoms with Crippen LogP contribution in [-0.2, 0) is 6.54 Å². The van der Waals surface area contributed by atoms with Crippen molar-refractivity contribution in [2.24, 2.45) is 5.92 Å². The van der Waals surface area contributed by atoms with Crippen LogP contribution >= 0.6 is 0 Å². The summed E-state index contributed by atoms with van der Waals surface area (Å²) in [6.07, 6.45) is 9.33. The zero-order valence-corrected chi connectivity index (χ0v) is 15.5. The number of hydrogen-bond acceptors (Lipinski definition) is 3. The second-order valence-electron chi connectivity index (χ2n) is 8.00. The topological polar surface area (TPSA) is 37.6 Å². The van der Waals surface area contributed by atoms with Gasteiger partial charge in [0.1, 0.15) is 5.65 Å². The van der Waals surface area contributed by atoms with Crippen molar-refractivity contribution in [2.75, 3.05) is 0 Å². The lowest BCUT2D eigenvalue weighted by atomic mass is 9.76. The molecule has 1 aromatic carbocycles. The lowest BCUT2D eigenvalue weighted by Crippen LogP contribution is -2.52. The molecule has 2 aliphatic heterocycles. The number of benzene rings is 1. The smallest absolute Gasteiger partial charge is 0.182 e. The fraction of sp³-hybridized carbons (Fsp3) is 0.391. The van der Waals surface area contributed by atoms with Crippen LogP contribution in [0.15, 0.2) is 60.9 Å². The third kappa shape index (κ3) is 3.08. The van der Waals surface area contributed by atoms with Gasteiger partial charge in [0.15, 0.2) is 5.78 Å². The number of rotatable bonds is 4. The van der Waals surface area contributed by atoms with Crippen LogP contribution in [0.3, 0.4) is 0 Å². The molecule has 2 aliphatic rings. The number of Topliss-reactive ketones (excluding diaryl/α,β-unsaturated/α-hetero) is 1. The van der Waals surface area contributed by atoms with Gasteiger partial charge in [0.25, 0.3) is 0 Å². The molecule has 0 amide bonds. The van der Waals surface area contributed by atoms with E-state index in [1.807, 2.05) is 28.8 Å². The van der Waals surface area contributed by atoms with Gasteiger partial charge in [-0.3, -0.25) is 14.1 Å². The molecular weight excluding hydrogens is 334 g/mol. The van der Waals surface area contributed by atoms with Gasteiger partial charge in [-0.25, -0.2) is 4.98 Å². The van der Waals surface area contributed by atoms with E-state index in [1.54, 1.807) is 6.20 Å². The summed E-state index contributed by atoms with van der Waals surface area (Å²) < 4.78 is 1.94. The quantitative estimate of drug-likeness (QED) is 0.650. The maximum absolute atomic E-state index is 13.3. The highest BCUT2D eigenvalue weighted by Gasteiger charge is 2.40. The third-order valence-electron chi connectivity index (χ3n) is 6.39. The minimum atomic E-state index is 0.125. The van der Waals surface area contributed by atoms with Crippen molar-refractivity contribution < 1.29 is 4.79 Å². The lowest BCUT2D eigenvalue weighted by molar-refractivity contribution is 0.00888. The fourth-order valence-corrected chi connectivity index (χ4v) is 5.10. The molecule has 0 aliphatic carbocycles. The second kappa shape index (κ2) is 6.93. The van der Waals surface area contributed by atoms with Crippen LogP contribution in [0.5, 0.6) is 0 Å². The lowest BCUT2D eigenvalue weighted by Gasteiger charge is -2.48. The van der Waals surface area contributed by atoms with Crippen LogP contribution in [-0.4, -0.2) is 32.2 Å². The van der Waals surface area contributed by atoms with E-state index in [0.29, 0.717) is 12.1 Å². The van der Waals surface area contributed by atoms with E-state index < -0.39 is 0 Å². The van der Waals surface area contributed by atoms with E-state index in [2.05, 4.69) is 40.2 Å². The molecule has 2 unspecified atom stereocenters. The highest BCUT2D eigenvalue weighted by molar-refractivity contribution is 5.97. The van der Waals surface area contributed by atoms with Gasteiger partial charge in [-0.15, -0.1) is 0 Å². The van der Waals surface area contributed by atoms with Gasteiger partial charge in [-0.2, -0.15) is 0 Å². The fourth-order valence-electron chi connectivity index (χ4n) is 5.10. The highest BCUT2D eigenvalue weighted by Crippen LogP contribution is 2.39. The summed E-state index contributed by atoms with van der Waals surface area (Å²) in [6, 6.07) is 17.6. The Balaban J connectivity index is 1.38. The normalized spacial score (nSPS) is 25.6. The molecule has 4 nitrogen and oxygen atoms in total. The predicted octanol–water partition coefficient (Wildman–Crippen LogP) is 4.35. The summed E-state index contributed by atoms with van der Waals surface area (Å²) in [6.45, 7) is 1.01. The van der Waals surface area contributed by atoms with Crippen LogP contribution in [0.4, 0.5) is 0 Å². The predicted molar refractivity (Wildman–Crippen MR) is 106 cm³/mol. The Hall–Kier alpha value is -2.46. The number of fused-ring (bicyclic) bond motifs is 3. The van der Waals surface area contributed by atoms with Gasteiger partial charge >= 0.3 is 0 Å². The standard InChI is InChI=1S/C23H25N3O/c27-23(21-10-5-11-22-24-12-13-25(21)22)18-14-19-8-4-9-20(15-18)26(19)16-17-6-2-1-3-7-17/h1-3,5-7,10-13,18-20H,4,8-9,14-16H2. The van der Waals surface area contributed by atoms with E-state index in [1.165, 1.54) is 24.8 Å². The molecule has 2 bridgehead atoms. The summed E-state index contributed by atoms with van der Waals surface area (Å²) in [7, 11) is 0. The van der Waals surface area contributed by atoms with Crippen molar-refractivity contribution in [3.8, 4) is 0 Å². The molecule has 0 spiro atoms. The number of imidazole rings is 1. The van der Waals surface area contributed by atoms with Crippen LogP contribution < -0.4 is 0 Å². The third-order valence-corrected chi connectivity index (χ3v) is 6.39. The van der Waals surface area contributed by atoms with Crippen LogP contribution in [0.25, 0.3) is 5.65 Å². The van der Waals surface area contributed by atoms with Crippen molar-refractivity contribution in [1.82, 2.24) is 14.3 Å². The molecule has 2 fully saturated rings. The molecule has 4 heterocycles. The summed E-state index contributed by atoms with van der Waals surface area (Å²) in [5.74, 6) is 0.412. The Bertz CT molecular complexity index is 934. The monoisotopic (exact) mass is 359 g/mol. The average molecular weight is 359 g/mol. The van der Waals surface area contributed by atoms with Gasteiger partial charge < -0.3 is 0 Å².